The minimum atomic E-state index is 1.04. The van der Waals surface area contributed by atoms with Crippen molar-refractivity contribution in [1.29, 1.82) is 5.26 Å². The van der Waals surface area contributed by atoms with Crippen molar-refractivity contribution in [3.63, 3.8) is 0 Å². The van der Waals surface area contributed by atoms with Crippen LogP contribution in [0.15, 0.2) is 23.1 Å². The lowest BCUT2D eigenvalue weighted by Gasteiger charge is -2.02. The van der Waals surface area contributed by atoms with Gasteiger partial charge in [0.15, 0.2) is 0 Å². The van der Waals surface area contributed by atoms with E-state index in [0.29, 0.717) is 0 Å². The molecule has 1 aliphatic carbocycles. The maximum atomic E-state index is 8.08. The number of thioether (sulfide) groups is 1. The fourth-order valence-electron chi connectivity index (χ4n) is 0.443. The van der Waals surface area contributed by atoms with Crippen LogP contribution >= 0.6 is 11.8 Å². The minimum Gasteiger partial charge on any atom is -0.185 e. The molecule has 0 fully saturated rings. The first-order valence-electron chi connectivity index (χ1n) is 2.34. The van der Waals surface area contributed by atoms with Crippen LogP contribution in [0.4, 0.5) is 0 Å². The van der Waals surface area contributed by atoms with Gasteiger partial charge in [0.2, 0.25) is 0 Å². The topological polar surface area (TPSA) is 23.8 Å². The molecule has 0 bridgehead atoms. The van der Waals surface area contributed by atoms with Crippen molar-refractivity contribution in [2.45, 2.75) is 6.42 Å². The van der Waals surface area contributed by atoms with Gasteiger partial charge >= 0.3 is 0 Å². The van der Waals surface area contributed by atoms with E-state index in [0.717, 1.165) is 6.42 Å². The molecule has 0 heterocycles. The highest BCUT2D eigenvalue weighted by Crippen LogP contribution is 2.18. The summed E-state index contributed by atoms with van der Waals surface area (Å²) in [4.78, 5) is 0. The Labute approximate surface area is 52.7 Å². The van der Waals surface area contributed by atoms with Gasteiger partial charge in [-0.1, -0.05) is 12.2 Å². The molecule has 0 unspecified atom stereocenters. The van der Waals surface area contributed by atoms with Crippen LogP contribution in [-0.4, -0.2) is 0 Å². The monoisotopic (exact) mass is 123 g/mol. The molecule has 0 amide bonds. The summed E-state index contributed by atoms with van der Waals surface area (Å²) in [5.74, 6) is 0. The lowest BCUT2D eigenvalue weighted by atomic mass is 10.1. The van der Waals surface area contributed by atoms with Crippen LogP contribution in [0.25, 0.3) is 0 Å². The van der Waals surface area contributed by atoms with E-state index in [2.05, 4.69) is 6.08 Å². The molecule has 40 valence electrons. The molecule has 0 aromatic heterocycles. The molecule has 0 saturated carbocycles. The quantitative estimate of drug-likeness (QED) is 0.498. The van der Waals surface area contributed by atoms with E-state index in [9.17, 15) is 0 Å². The Kier molecular flexibility index (Phi) is 1.76. The maximum Gasteiger partial charge on any atom is 0.137 e. The van der Waals surface area contributed by atoms with Gasteiger partial charge in [-0.05, 0) is 29.2 Å². The molecule has 0 aromatic rings. The largest absolute Gasteiger partial charge is 0.185 e. The molecule has 0 radical (unpaired) electrons. The SMILES string of the molecule is N#CS/C=C1\C=CC1. The molecule has 0 aromatic carbocycles. The number of allylic oxidation sites excluding steroid dienone is 3. The Morgan fingerprint density at radius 2 is 2.62 bits per heavy atom. The summed E-state index contributed by atoms with van der Waals surface area (Å²) >= 11 is 1.18. The molecule has 1 aliphatic rings. The van der Waals surface area contributed by atoms with Crippen molar-refractivity contribution in [3.05, 3.63) is 23.1 Å². The van der Waals surface area contributed by atoms with Gasteiger partial charge in [0, 0.05) is 0 Å². The van der Waals surface area contributed by atoms with E-state index in [4.69, 9.17) is 5.26 Å². The van der Waals surface area contributed by atoms with Crippen LogP contribution in [0.1, 0.15) is 6.42 Å². The third-order valence-corrected chi connectivity index (χ3v) is 1.47. The van der Waals surface area contributed by atoms with E-state index in [-0.39, 0.29) is 0 Å². The van der Waals surface area contributed by atoms with Crippen LogP contribution in [0.2, 0.25) is 0 Å². The van der Waals surface area contributed by atoms with Crippen LogP contribution in [0.3, 0.4) is 0 Å². The molecular formula is C6H5NS. The van der Waals surface area contributed by atoms with Gasteiger partial charge in [-0.2, -0.15) is 5.26 Å². The zero-order chi connectivity index (χ0) is 5.82. The lowest BCUT2D eigenvalue weighted by Crippen LogP contribution is -1.82. The zero-order valence-electron chi connectivity index (χ0n) is 4.29. The van der Waals surface area contributed by atoms with E-state index >= 15 is 0 Å². The van der Waals surface area contributed by atoms with Gasteiger partial charge in [-0.3, -0.25) is 0 Å². The van der Waals surface area contributed by atoms with Crippen molar-refractivity contribution in [2.75, 3.05) is 0 Å². The third-order valence-electron chi connectivity index (χ3n) is 0.948. The normalized spacial score (nSPS) is 20.1. The second-order valence-electron chi connectivity index (χ2n) is 1.51. The van der Waals surface area contributed by atoms with Crippen LogP contribution in [0.5, 0.6) is 0 Å². The Hall–Kier alpha value is -0.680. The van der Waals surface area contributed by atoms with Gasteiger partial charge < -0.3 is 0 Å². The van der Waals surface area contributed by atoms with E-state index in [1.54, 1.807) is 0 Å². The predicted octanol–water partition coefficient (Wildman–Crippen LogP) is 2.04. The smallest absolute Gasteiger partial charge is 0.137 e. The fraction of sp³-hybridized carbons (Fsp3) is 0.167. The summed E-state index contributed by atoms with van der Waals surface area (Å²) in [6.45, 7) is 0. The number of nitriles is 1. The van der Waals surface area contributed by atoms with E-state index < -0.39 is 0 Å². The molecule has 2 heteroatoms. The highest BCUT2D eigenvalue weighted by Gasteiger charge is 1.96. The predicted molar refractivity (Wildman–Crippen MR) is 35.0 cm³/mol. The molecule has 1 nitrogen and oxygen atoms in total. The van der Waals surface area contributed by atoms with E-state index in [1.165, 1.54) is 17.3 Å². The first kappa shape index (κ1) is 5.46. The summed E-state index contributed by atoms with van der Waals surface area (Å²) in [6, 6.07) is 0. The van der Waals surface area contributed by atoms with Crippen molar-refractivity contribution < 1.29 is 0 Å². The van der Waals surface area contributed by atoms with E-state index in [1.807, 2.05) is 16.9 Å². The zero-order valence-corrected chi connectivity index (χ0v) is 5.11. The average molecular weight is 123 g/mol. The highest BCUT2D eigenvalue weighted by atomic mass is 32.2. The molecular weight excluding hydrogens is 118 g/mol. The summed E-state index contributed by atoms with van der Waals surface area (Å²) in [5.41, 5.74) is 1.26. The molecule has 1 rings (SSSR count). The van der Waals surface area contributed by atoms with Crippen LogP contribution < -0.4 is 0 Å². The number of thiocyanates is 1. The first-order chi connectivity index (χ1) is 3.93. The van der Waals surface area contributed by atoms with Crippen molar-refractivity contribution in [3.8, 4) is 5.40 Å². The van der Waals surface area contributed by atoms with Gasteiger partial charge in [-0.15, -0.1) is 0 Å². The Morgan fingerprint density at radius 3 is 3.00 bits per heavy atom. The molecule has 0 aliphatic heterocycles. The number of hydrogen-bond acceptors (Lipinski definition) is 2. The summed E-state index contributed by atoms with van der Waals surface area (Å²) in [6.07, 6.45) is 5.13. The summed E-state index contributed by atoms with van der Waals surface area (Å²) in [5, 5.41) is 11.9. The highest BCUT2D eigenvalue weighted by molar-refractivity contribution is 8.06. The van der Waals surface area contributed by atoms with Crippen molar-refractivity contribution >= 4 is 11.8 Å². The number of nitrogens with zero attached hydrogens (tertiary/aromatic N) is 1. The Balaban J connectivity index is 2.36. The first-order valence-corrected chi connectivity index (χ1v) is 3.22. The Morgan fingerprint density at radius 1 is 1.88 bits per heavy atom. The molecule has 8 heavy (non-hydrogen) atoms. The number of hydrogen-bond donors (Lipinski definition) is 0. The number of rotatable bonds is 1. The lowest BCUT2D eigenvalue weighted by molar-refractivity contribution is 1.20. The Bertz CT molecular complexity index is 173. The van der Waals surface area contributed by atoms with Gasteiger partial charge in [0.25, 0.3) is 0 Å². The summed E-state index contributed by atoms with van der Waals surface area (Å²) < 4.78 is 0. The second kappa shape index (κ2) is 2.58. The molecule has 0 N–H and O–H groups in total. The van der Waals surface area contributed by atoms with Crippen molar-refractivity contribution in [2.24, 2.45) is 0 Å². The van der Waals surface area contributed by atoms with Crippen LogP contribution in [0, 0.1) is 10.7 Å². The van der Waals surface area contributed by atoms with Gasteiger partial charge in [0.1, 0.15) is 5.40 Å². The average Bonchev–Trinajstić information content (AvgIpc) is 1.63. The summed E-state index contributed by atoms with van der Waals surface area (Å²) in [7, 11) is 0. The van der Waals surface area contributed by atoms with Crippen molar-refractivity contribution in [1.82, 2.24) is 0 Å². The maximum absolute atomic E-state index is 8.08. The fourth-order valence-corrected chi connectivity index (χ4v) is 0.822. The standard InChI is InChI=1S/C6H5NS/c7-5-8-4-6-2-1-3-6/h1-2,4H,3H2/b6-4+. The van der Waals surface area contributed by atoms with Gasteiger partial charge in [-0.25, -0.2) is 0 Å². The second-order valence-corrected chi connectivity index (χ2v) is 2.16. The molecule has 0 spiro atoms. The van der Waals surface area contributed by atoms with Gasteiger partial charge in [0.05, 0.1) is 0 Å². The van der Waals surface area contributed by atoms with Crippen LogP contribution in [-0.2, 0) is 0 Å². The minimum absolute atomic E-state index is 1.04. The molecule has 0 saturated heterocycles. The molecule has 0 atom stereocenters. The third kappa shape index (κ3) is 1.14.